The number of methoxy groups -OCH3 is 2. The summed E-state index contributed by atoms with van der Waals surface area (Å²) in [6.07, 6.45) is 0. The minimum absolute atomic E-state index is 0.312. The van der Waals surface area contributed by atoms with Gasteiger partial charge >= 0.3 is 0 Å². The predicted molar refractivity (Wildman–Crippen MR) is 110 cm³/mol. The lowest BCUT2D eigenvalue weighted by Crippen LogP contribution is -1.93. The second-order valence-electron chi connectivity index (χ2n) is 6.13. The Morgan fingerprint density at radius 2 is 1.67 bits per heavy atom. The van der Waals surface area contributed by atoms with Crippen molar-refractivity contribution in [3.63, 3.8) is 0 Å². The van der Waals surface area contributed by atoms with E-state index < -0.39 is 0 Å². The van der Waals surface area contributed by atoms with Crippen LogP contribution in [0.5, 0.6) is 11.5 Å². The Balaban J connectivity index is 1.41. The van der Waals surface area contributed by atoms with Gasteiger partial charge in [-0.3, -0.25) is 0 Å². The van der Waals surface area contributed by atoms with E-state index in [1.807, 2.05) is 30.3 Å². The molecule has 2 heterocycles. The van der Waals surface area contributed by atoms with Crippen LogP contribution in [0.25, 0.3) is 22.6 Å². The summed E-state index contributed by atoms with van der Waals surface area (Å²) in [5.74, 6) is 2.28. The highest BCUT2D eigenvalue weighted by Crippen LogP contribution is 2.32. The Hall–Kier alpha value is -3.46. The van der Waals surface area contributed by atoms with Gasteiger partial charge in [-0.2, -0.15) is 4.98 Å². The van der Waals surface area contributed by atoms with Crippen LogP contribution in [0.1, 0.15) is 5.89 Å². The van der Waals surface area contributed by atoms with Crippen molar-refractivity contribution in [2.24, 2.45) is 0 Å². The largest absolute Gasteiger partial charge is 0.493 e. The third-order valence-corrected chi connectivity index (χ3v) is 5.14. The molecule has 0 bridgehead atoms. The smallest absolute Gasteiger partial charge is 0.237 e. The van der Waals surface area contributed by atoms with Crippen LogP contribution in [0.4, 0.5) is 4.39 Å². The number of thioether (sulfide) groups is 1. The van der Waals surface area contributed by atoms with Gasteiger partial charge in [-0.1, -0.05) is 16.9 Å². The van der Waals surface area contributed by atoms with E-state index in [1.165, 1.54) is 23.9 Å². The average Bonchev–Trinajstić information content (AvgIpc) is 3.27. The van der Waals surface area contributed by atoms with Gasteiger partial charge in [-0.05, 0) is 54.6 Å². The van der Waals surface area contributed by atoms with Crippen LogP contribution in [-0.4, -0.2) is 34.6 Å². The summed E-state index contributed by atoms with van der Waals surface area (Å²) in [5, 5.41) is 13.2. The van der Waals surface area contributed by atoms with Crippen LogP contribution in [0, 0.1) is 5.82 Å². The molecule has 152 valence electrons. The first-order valence-corrected chi connectivity index (χ1v) is 9.92. The molecule has 0 aliphatic heterocycles. The predicted octanol–water partition coefficient (Wildman–Crippen LogP) is 4.64. The highest BCUT2D eigenvalue weighted by molar-refractivity contribution is 7.98. The molecule has 0 spiro atoms. The molecule has 30 heavy (non-hydrogen) atoms. The number of halogens is 1. The van der Waals surface area contributed by atoms with Crippen molar-refractivity contribution in [2.75, 3.05) is 14.2 Å². The van der Waals surface area contributed by atoms with Crippen LogP contribution in [0.3, 0.4) is 0 Å². The lowest BCUT2D eigenvalue weighted by atomic mass is 10.1. The summed E-state index contributed by atoms with van der Waals surface area (Å²) in [6.45, 7) is 0. The van der Waals surface area contributed by atoms with Gasteiger partial charge in [0.15, 0.2) is 11.5 Å². The first kappa shape index (κ1) is 19.8. The van der Waals surface area contributed by atoms with Crippen molar-refractivity contribution in [1.82, 2.24) is 20.3 Å². The van der Waals surface area contributed by atoms with Crippen LogP contribution in [0.2, 0.25) is 0 Å². The summed E-state index contributed by atoms with van der Waals surface area (Å²) in [6, 6.07) is 15.3. The molecule has 9 heteroatoms. The Morgan fingerprint density at radius 1 is 0.900 bits per heavy atom. The number of hydrogen-bond acceptors (Lipinski definition) is 8. The number of aromatic nitrogens is 4. The van der Waals surface area contributed by atoms with E-state index in [2.05, 4.69) is 20.3 Å². The number of rotatable bonds is 7. The maximum atomic E-state index is 13.0. The van der Waals surface area contributed by atoms with Crippen LogP contribution >= 0.6 is 11.8 Å². The summed E-state index contributed by atoms with van der Waals surface area (Å²) >= 11 is 1.43. The molecule has 2 aromatic carbocycles. The highest BCUT2D eigenvalue weighted by Gasteiger charge is 2.11. The Labute approximate surface area is 176 Å². The average molecular weight is 424 g/mol. The normalized spacial score (nSPS) is 10.8. The molecule has 0 aliphatic carbocycles. The molecular weight excluding hydrogens is 407 g/mol. The van der Waals surface area contributed by atoms with Gasteiger partial charge < -0.3 is 14.0 Å². The van der Waals surface area contributed by atoms with E-state index in [4.69, 9.17) is 14.0 Å². The first-order chi connectivity index (χ1) is 14.7. The first-order valence-electron chi connectivity index (χ1n) is 8.93. The molecule has 0 saturated heterocycles. The fraction of sp³-hybridized carbons (Fsp3) is 0.143. The quantitative estimate of drug-likeness (QED) is 0.397. The zero-order valence-corrected chi connectivity index (χ0v) is 17.0. The second kappa shape index (κ2) is 8.91. The summed E-state index contributed by atoms with van der Waals surface area (Å²) in [5.41, 5.74) is 2.28. The highest BCUT2D eigenvalue weighted by atomic mass is 32.2. The molecule has 0 radical (unpaired) electrons. The molecule has 0 atom stereocenters. The van der Waals surface area contributed by atoms with Crippen LogP contribution in [0.15, 0.2) is 64.1 Å². The molecule has 2 aromatic heterocycles. The van der Waals surface area contributed by atoms with Crippen molar-refractivity contribution in [1.29, 1.82) is 0 Å². The third kappa shape index (κ3) is 4.41. The molecule has 4 aromatic rings. The van der Waals surface area contributed by atoms with E-state index in [-0.39, 0.29) is 5.82 Å². The van der Waals surface area contributed by atoms with Gasteiger partial charge in [0.25, 0.3) is 0 Å². The monoisotopic (exact) mass is 424 g/mol. The maximum Gasteiger partial charge on any atom is 0.237 e. The SMILES string of the molecule is COc1ccc(-c2ccc(SCc3nc(-c4ccc(F)cc4)no3)nn2)cc1OC. The van der Waals surface area contributed by atoms with Gasteiger partial charge in [-0.25, -0.2) is 4.39 Å². The summed E-state index contributed by atoms with van der Waals surface area (Å²) in [7, 11) is 3.18. The summed E-state index contributed by atoms with van der Waals surface area (Å²) in [4.78, 5) is 4.33. The topological polar surface area (TPSA) is 83.2 Å². The van der Waals surface area contributed by atoms with Crippen LogP contribution < -0.4 is 9.47 Å². The lowest BCUT2D eigenvalue weighted by Gasteiger charge is -2.09. The Kier molecular flexibility index (Phi) is 5.89. The van der Waals surface area contributed by atoms with Gasteiger partial charge in [0.05, 0.1) is 25.7 Å². The molecule has 7 nitrogen and oxygen atoms in total. The van der Waals surface area contributed by atoms with E-state index in [0.29, 0.717) is 34.5 Å². The number of nitrogens with zero attached hydrogens (tertiary/aromatic N) is 4. The minimum atomic E-state index is -0.312. The van der Waals surface area contributed by atoms with Gasteiger partial charge in [0, 0.05) is 11.1 Å². The Morgan fingerprint density at radius 3 is 2.37 bits per heavy atom. The van der Waals surface area contributed by atoms with Gasteiger partial charge in [0.1, 0.15) is 10.8 Å². The van der Waals surface area contributed by atoms with Crippen molar-refractivity contribution >= 4 is 11.8 Å². The molecule has 4 rings (SSSR count). The minimum Gasteiger partial charge on any atom is -0.493 e. The van der Waals surface area contributed by atoms with Crippen molar-refractivity contribution in [3.05, 3.63) is 66.3 Å². The third-order valence-electron chi connectivity index (χ3n) is 4.23. The molecule has 0 unspecified atom stereocenters. The van der Waals surface area contributed by atoms with E-state index in [0.717, 1.165) is 16.3 Å². The molecule has 0 N–H and O–H groups in total. The van der Waals surface area contributed by atoms with Crippen molar-refractivity contribution in [3.8, 4) is 34.1 Å². The van der Waals surface area contributed by atoms with Gasteiger partial charge in [0.2, 0.25) is 11.7 Å². The number of hydrogen-bond donors (Lipinski definition) is 0. The molecule has 0 aliphatic rings. The van der Waals surface area contributed by atoms with E-state index >= 15 is 0 Å². The standard InChI is InChI=1S/C21H17FN4O3S/c1-27-17-9-5-14(11-18(17)28-2)16-8-10-20(25-24-16)30-12-19-23-21(26-29-19)13-3-6-15(22)7-4-13/h3-11H,12H2,1-2H3. The molecular formula is C21H17FN4O3S. The number of ether oxygens (including phenoxy) is 2. The zero-order chi connectivity index (χ0) is 20.9. The van der Waals surface area contributed by atoms with E-state index in [9.17, 15) is 4.39 Å². The molecule has 0 amide bonds. The molecule has 0 saturated carbocycles. The van der Waals surface area contributed by atoms with Crippen molar-refractivity contribution in [2.45, 2.75) is 10.8 Å². The fourth-order valence-electron chi connectivity index (χ4n) is 2.71. The summed E-state index contributed by atoms with van der Waals surface area (Å²) < 4.78 is 28.9. The number of benzene rings is 2. The van der Waals surface area contributed by atoms with Crippen LogP contribution in [-0.2, 0) is 5.75 Å². The van der Waals surface area contributed by atoms with Gasteiger partial charge in [-0.15, -0.1) is 10.2 Å². The zero-order valence-electron chi connectivity index (χ0n) is 16.2. The second-order valence-corrected chi connectivity index (χ2v) is 7.13. The van der Waals surface area contributed by atoms with E-state index in [1.54, 1.807) is 26.4 Å². The maximum absolute atomic E-state index is 13.0. The Bertz CT molecular complexity index is 1130. The van der Waals surface area contributed by atoms with Crippen molar-refractivity contribution < 1.29 is 18.4 Å². The molecule has 0 fully saturated rings. The fourth-order valence-corrected chi connectivity index (χ4v) is 3.36. The lowest BCUT2D eigenvalue weighted by molar-refractivity contribution is 0.355.